The number of rotatable bonds is 7. The first-order chi connectivity index (χ1) is 13.3. The van der Waals surface area contributed by atoms with Crippen LogP contribution in [-0.4, -0.2) is 8.42 Å². The number of ether oxygens (including phenoxy) is 1. The molecule has 3 aromatic carbocycles. The second-order valence-electron chi connectivity index (χ2n) is 5.96. The molecule has 0 spiro atoms. The summed E-state index contributed by atoms with van der Waals surface area (Å²) in [5.41, 5.74) is 1.59. The average Bonchev–Trinajstić information content (AvgIpc) is 2.68. The van der Waals surface area contributed by atoms with Crippen molar-refractivity contribution in [2.45, 2.75) is 18.0 Å². The van der Waals surface area contributed by atoms with E-state index in [2.05, 4.69) is 4.72 Å². The summed E-state index contributed by atoms with van der Waals surface area (Å²) in [4.78, 5) is -0.0686. The smallest absolute Gasteiger partial charge is 0.242 e. The summed E-state index contributed by atoms with van der Waals surface area (Å²) in [6.45, 7) is 0.392. The molecule has 0 amide bonds. The Hall–Kier alpha value is -2.12. The predicted molar refractivity (Wildman–Crippen MR) is 108 cm³/mol. The van der Waals surface area contributed by atoms with Gasteiger partial charge >= 0.3 is 0 Å². The highest BCUT2D eigenvalue weighted by molar-refractivity contribution is 7.89. The van der Waals surface area contributed by atoms with Gasteiger partial charge in [-0.05, 0) is 53.6 Å². The van der Waals surface area contributed by atoms with E-state index in [-0.39, 0.29) is 27.3 Å². The molecule has 0 atom stereocenters. The van der Waals surface area contributed by atoms with E-state index >= 15 is 0 Å². The SMILES string of the molecule is O=S(=O)(NCc1ccc(OCc2ccc(F)cc2)cc1)c1cc(Cl)ccc1Cl. The molecule has 0 saturated heterocycles. The van der Waals surface area contributed by atoms with E-state index in [1.165, 1.54) is 30.3 Å². The molecule has 0 bridgehead atoms. The Morgan fingerprint density at radius 3 is 2.21 bits per heavy atom. The molecule has 3 rings (SSSR count). The maximum absolute atomic E-state index is 12.9. The standard InChI is InChI=1S/C20H16Cl2FNO3S/c21-16-5-10-19(22)20(11-16)28(25,26)24-12-14-3-8-18(9-4-14)27-13-15-1-6-17(23)7-2-15/h1-11,24H,12-13H2. The highest BCUT2D eigenvalue weighted by Crippen LogP contribution is 2.25. The van der Waals surface area contributed by atoms with Crippen LogP contribution in [0.15, 0.2) is 71.6 Å². The molecule has 0 aliphatic carbocycles. The van der Waals surface area contributed by atoms with E-state index in [0.29, 0.717) is 12.4 Å². The van der Waals surface area contributed by atoms with Crippen molar-refractivity contribution in [2.24, 2.45) is 0 Å². The third-order valence-corrected chi connectivity index (χ3v) is 6.01. The number of sulfonamides is 1. The van der Waals surface area contributed by atoms with Gasteiger partial charge in [0.1, 0.15) is 23.1 Å². The quantitative estimate of drug-likeness (QED) is 0.550. The molecule has 0 unspecified atom stereocenters. The number of halogens is 3. The van der Waals surface area contributed by atoms with Crippen molar-refractivity contribution in [1.82, 2.24) is 4.72 Å². The molecule has 0 radical (unpaired) electrons. The Labute approximate surface area is 172 Å². The fourth-order valence-electron chi connectivity index (χ4n) is 2.39. The van der Waals surface area contributed by atoms with Gasteiger partial charge in [-0.15, -0.1) is 0 Å². The lowest BCUT2D eigenvalue weighted by Gasteiger charge is -2.10. The van der Waals surface area contributed by atoms with Gasteiger partial charge in [0.05, 0.1) is 5.02 Å². The summed E-state index contributed by atoms with van der Waals surface area (Å²) in [5.74, 6) is 0.323. The van der Waals surface area contributed by atoms with Crippen LogP contribution in [0.1, 0.15) is 11.1 Å². The van der Waals surface area contributed by atoms with Gasteiger partial charge in [0.2, 0.25) is 10.0 Å². The fraction of sp³-hybridized carbons (Fsp3) is 0.100. The Balaban J connectivity index is 1.59. The second kappa shape index (κ2) is 8.92. The van der Waals surface area contributed by atoms with E-state index in [1.807, 2.05) is 0 Å². The van der Waals surface area contributed by atoms with Gasteiger partial charge in [-0.3, -0.25) is 0 Å². The first-order valence-corrected chi connectivity index (χ1v) is 10.5. The second-order valence-corrected chi connectivity index (χ2v) is 8.54. The minimum absolute atomic E-state index is 0.0686. The third-order valence-electron chi connectivity index (χ3n) is 3.89. The molecule has 0 aliphatic heterocycles. The van der Waals surface area contributed by atoms with Crippen LogP contribution in [0.2, 0.25) is 10.0 Å². The number of hydrogen-bond donors (Lipinski definition) is 1. The molecule has 28 heavy (non-hydrogen) atoms. The average molecular weight is 440 g/mol. The van der Waals surface area contributed by atoms with E-state index in [4.69, 9.17) is 27.9 Å². The number of nitrogens with one attached hydrogen (secondary N) is 1. The minimum Gasteiger partial charge on any atom is -0.489 e. The van der Waals surface area contributed by atoms with Gasteiger partial charge in [-0.25, -0.2) is 17.5 Å². The highest BCUT2D eigenvalue weighted by atomic mass is 35.5. The molecule has 0 fully saturated rings. The molecule has 0 aliphatic rings. The maximum atomic E-state index is 12.9. The van der Waals surface area contributed by atoms with Gasteiger partial charge in [0, 0.05) is 11.6 Å². The predicted octanol–water partition coefficient (Wildman–Crippen LogP) is 5.19. The van der Waals surface area contributed by atoms with Crippen LogP contribution >= 0.6 is 23.2 Å². The first-order valence-electron chi connectivity index (χ1n) is 8.24. The molecule has 0 saturated carbocycles. The summed E-state index contributed by atoms with van der Waals surface area (Å²) in [7, 11) is -3.80. The van der Waals surface area contributed by atoms with E-state index in [9.17, 15) is 12.8 Å². The van der Waals surface area contributed by atoms with Crippen LogP contribution in [0.25, 0.3) is 0 Å². The van der Waals surface area contributed by atoms with Crippen LogP contribution < -0.4 is 9.46 Å². The normalized spacial score (nSPS) is 11.4. The largest absolute Gasteiger partial charge is 0.489 e. The zero-order valence-corrected chi connectivity index (χ0v) is 16.9. The van der Waals surface area contributed by atoms with E-state index in [0.717, 1.165) is 11.1 Å². The summed E-state index contributed by atoms with van der Waals surface area (Å²) in [6, 6.07) is 17.3. The van der Waals surface area contributed by atoms with Crippen molar-refractivity contribution in [1.29, 1.82) is 0 Å². The third kappa shape index (κ3) is 5.45. The minimum atomic E-state index is -3.80. The first kappa shape index (κ1) is 20.6. The van der Waals surface area contributed by atoms with Gasteiger partial charge in [-0.1, -0.05) is 47.5 Å². The van der Waals surface area contributed by atoms with Gasteiger partial charge in [0.15, 0.2) is 0 Å². The van der Waals surface area contributed by atoms with Crippen molar-refractivity contribution < 1.29 is 17.5 Å². The van der Waals surface area contributed by atoms with Gasteiger partial charge in [-0.2, -0.15) is 0 Å². The van der Waals surface area contributed by atoms with Crippen LogP contribution in [0, 0.1) is 5.82 Å². The molecule has 0 aromatic heterocycles. The van der Waals surface area contributed by atoms with Crippen LogP contribution in [0.5, 0.6) is 5.75 Å². The summed E-state index contributed by atoms with van der Waals surface area (Å²) >= 11 is 11.8. The molecule has 146 valence electrons. The maximum Gasteiger partial charge on any atom is 0.242 e. The fourth-order valence-corrected chi connectivity index (χ4v) is 4.17. The van der Waals surface area contributed by atoms with Gasteiger partial charge < -0.3 is 4.74 Å². The molecule has 1 N–H and O–H groups in total. The molecule has 3 aromatic rings. The van der Waals surface area contributed by atoms with E-state index in [1.54, 1.807) is 36.4 Å². The highest BCUT2D eigenvalue weighted by Gasteiger charge is 2.18. The molecule has 8 heteroatoms. The monoisotopic (exact) mass is 439 g/mol. The summed E-state index contributed by atoms with van der Waals surface area (Å²) < 4.78 is 45.9. The van der Waals surface area contributed by atoms with E-state index < -0.39 is 10.0 Å². The molecular weight excluding hydrogens is 424 g/mol. The zero-order chi connectivity index (χ0) is 20.1. The lowest BCUT2D eigenvalue weighted by Crippen LogP contribution is -2.23. The molecular formula is C20H16Cl2FNO3S. The number of hydrogen-bond acceptors (Lipinski definition) is 3. The van der Waals surface area contributed by atoms with Crippen LogP contribution in [-0.2, 0) is 23.2 Å². The Kier molecular flexibility index (Phi) is 6.57. The summed E-state index contributed by atoms with van der Waals surface area (Å²) in [5, 5.41) is 0.383. The van der Waals surface area contributed by atoms with Gasteiger partial charge in [0.25, 0.3) is 0 Å². The zero-order valence-electron chi connectivity index (χ0n) is 14.5. The lowest BCUT2D eigenvalue weighted by atomic mass is 10.2. The van der Waals surface area contributed by atoms with Crippen molar-refractivity contribution >= 4 is 33.2 Å². The topological polar surface area (TPSA) is 55.4 Å². The van der Waals surface area contributed by atoms with Crippen molar-refractivity contribution in [3.05, 3.63) is 93.7 Å². The van der Waals surface area contributed by atoms with Crippen LogP contribution in [0.3, 0.4) is 0 Å². The van der Waals surface area contributed by atoms with Crippen molar-refractivity contribution in [2.75, 3.05) is 0 Å². The van der Waals surface area contributed by atoms with Crippen LogP contribution in [0.4, 0.5) is 4.39 Å². The van der Waals surface area contributed by atoms with Crippen molar-refractivity contribution in [3.63, 3.8) is 0 Å². The molecule has 4 nitrogen and oxygen atoms in total. The Morgan fingerprint density at radius 1 is 0.893 bits per heavy atom. The summed E-state index contributed by atoms with van der Waals surface area (Å²) in [6.07, 6.45) is 0. The molecule has 0 heterocycles. The lowest BCUT2D eigenvalue weighted by molar-refractivity contribution is 0.306. The Bertz CT molecular complexity index is 1060. The van der Waals surface area contributed by atoms with Crippen molar-refractivity contribution in [3.8, 4) is 5.75 Å². The number of benzene rings is 3. The Morgan fingerprint density at radius 2 is 1.54 bits per heavy atom.